The van der Waals surface area contributed by atoms with Gasteiger partial charge < -0.3 is 4.74 Å². The van der Waals surface area contributed by atoms with Gasteiger partial charge >= 0.3 is 0 Å². The molecule has 1 atom stereocenters. The van der Waals surface area contributed by atoms with Gasteiger partial charge in [-0.25, -0.2) is 18.4 Å². The maximum absolute atomic E-state index is 13.9. The summed E-state index contributed by atoms with van der Waals surface area (Å²) in [5.41, 5.74) is 0.142. The van der Waals surface area contributed by atoms with Crippen LogP contribution in [0.25, 0.3) is 0 Å². The second kappa shape index (κ2) is 4.97. The molecule has 0 amide bonds. The van der Waals surface area contributed by atoms with Crippen molar-refractivity contribution < 1.29 is 13.5 Å². The lowest BCUT2D eigenvalue weighted by Gasteiger charge is -2.15. The van der Waals surface area contributed by atoms with Crippen molar-refractivity contribution in [2.45, 2.75) is 19.1 Å². The Morgan fingerprint density at radius 1 is 1.37 bits per heavy atom. The lowest BCUT2D eigenvalue weighted by atomic mass is 10.1. The fraction of sp³-hybridized carbons (Fsp3) is 0.333. The van der Waals surface area contributed by atoms with Crippen LogP contribution in [0.3, 0.4) is 0 Å². The van der Waals surface area contributed by atoms with Crippen molar-refractivity contribution in [2.75, 3.05) is 6.61 Å². The Kier molecular flexibility index (Phi) is 3.32. The van der Waals surface area contributed by atoms with Gasteiger partial charge in [-0.15, -0.1) is 5.10 Å². The van der Waals surface area contributed by atoms with Crippen LogP contribution in [0.4, 0.5) is 8.78 Å². The highest BCUT2D eigenvalue weighted by molar-refractivity contribution is 9.10. The molecule has 19 heavy (non-hydrogen) atoms. The summed E-state index contributed by atoms with van der Waals surface area (Å²) in [6, 6.07) is 4.04. The number of hydrogen-bond donors (Lipinski definition) is 0. The van der Waals surface area contributed by atoms with Gasteiger partial charge in [0.2, 0.25) is 4.73 Å². The average Bonchev–Trinajstić information content (AvgIpc) is 2.64. The van der Waals surface area contributed by atoms with Gasteiger partial charge in [-0.05, 0) is 28.4 Å². The first-order valence-corrected chi connectivity index (χ1v) is 6.62. The first-order valence-electron chi connectivity index (χ1n) is 5.82. The minimum absolute atomic E-state index is 0.142. The molecule has 0 fully saturated rings. The Hall–Kier alpha value is -1.34. The third kappa shape index (κ3) is 2.28. The summed E-state index contributed by atoms with van der Waals surface area (Å²) in [7, 11) is 0. The van der Waals surface area contributed by atoms with Crippen LogP contribution in [0.5, 0.6) is 0 Å². The highest BCUT2D eigenvalue weighted by atomic mass is 79.9. The lowest BCUT2D eigenvalue weighted by Crippen LogP contribution is -2.12. The molecule has 2 heterocycles. The van der Waals surface area contributed by atoms with Crippen LogP contribution >= 0.6 is 15.9 Å². The number of benzene rings is 1. The van der Waals surface area contributed by atoms with E-state index in [0.29, 0.717) is 23.7 Å². The first kappa shape index (κ1) is 12.7. The molecule has 1 aliphatic heterocycles. The van der Waals surface area contributed by atoms with Crippen LogP contribution in [0.2, 0.25) is 0 Å². The molecular formula is C12H10BrF2N3O. The molecule has 0 aliphatic carbocycles. The highest BCUT2D eigenvalue weighted by Crippen LogP contribution is 2.30. The topological polar surface area (TPSA) is 39.9 Å². The van der Waals surface area contributed by atoms with E-state index in [1.807, 2.05) is 0 Å². The smallest absolute Gasteiger partial charge is 0.217 e. The quantitative estimate of drug-likeness (QED) is 0.807. The molecule has 0 saturated heterocycles. The Morgan fingerprint density at radius 2 is 2.21 bits per heavy atom. The third-order valence-corrected chi connectivity index (χ3v) is 3.31. The van der Waals surface area contributed by atoms with Crippen LogP contribution in [-0.4, -0.2) is 21.4 Å². The van der Waals surface area contributed by atoms with Crippen molar-refractivity contribution in [2.24, 2.45) is 0 Å². The number of aromatic nitrogens is 3. The van der Waals surface area contributed by atoms with E-state index >= 15 is 0 Å². The van der Waals surface area contributed by atoms with E-state index in [9.17, 15) is 8.78 Å². The van der Waals surface area contributed by atoms with Gasteiger partial charge in [-0.2, -0.15) is 0 Å². The van der Waals surface area contributed by atoms with Crippen molar-refractivity contribution in [3.8, 4) is 0 Å². The van der Waals surface area contributed by atoms with Gasteiger partial charge in [0.05, 0.1) is 0 Å². The number of fused-ring (bicyclic) bond motifs is 1. The van der Waals surface area contributed by atoms with Crippen LogP contribution < -0.4 is 0 Å². The standard InChI is InChI=1S/C12H10BrF2N3O/c13-12-16-11-10(19-6-2-5-18(11)17-12)7-3-1-4-8(14)9(7)15/h1,3-4,10H,2,5-6H2. The lowest BCUT2D eigenvalue weighted by molar-refractivity contribution is 0.0781. The third-order valence-electron chi connectivity index (χ3n) is 2.97. The Bertz CT molecular complexity index is 617. The predicted molar refractivity (Wildman–Crippen MR) is 66.5 cm³/mol. The summed E-state index contributed by atoms with van der Waals surface area (Å²) in [6.45, 7) is 1.09. The zero-order valence-electron chi connectivity index (χ0n) is 9.81. The van der Waals surface area contributed by atoms with Crippen molar-refractivity contribution in [1.29, 1.82) is 0 Å². The number of rotatable bonds is 1. The molecule has 3 rings (SSSR count). The summed E-state index contributed by atoms with van der Waals surface area (Å²) in [6.07, 6.45) is 0.00738. The molecule has 0 N–H and O–H groups in total. The number of ether oxygens (including phenoxy) is 1. The summed E-state index contributed by atoms with van der Waals surface area (Å²) < 4.78 is 34.9. The van der Waals surface area contributed by atoms with E-state index in [0.717, 1.165) is 12.5 Å². The zero-order chi connectivity index (χ0) is 13.4. The molecule has 2 aromatic rings. The van der Waals surface area contributed by atoms with Gasteiger partial charge in [-0.1, -0.05) is 12.1 Å². The van der Waals surface area contributed by atoms with E-state index in [-0.39, 0.29) is 5.56 Å². The fourth-order valence-corrected chi connectivity index (χ4v) is 2.50. The van der Waals surface area contributed by atoms with Crippen molar-refractivity contribution >= 4 is 15.9 Å². The number of aryl methyl sites for hydroxylation is 1. The Labute approximate surface area is 116 Å². The number of halogens is 3. The van der Waals surface area contributed by atoms with Crippen molar-refractivity contribution in [1.82, 2.24) is 14.8 Å². The monoisotopic (exact) mass is 329 g/mol. The molecule has 0 bridgehead atoms. The molecule has 1 aliphatic rings. The molecule has 0 spiro atoms. The predicted octanol–water partition coefficient (Wildman–Crippen LogP) is 2.83. The van der Waals surface area contributed by atoms with Gasteiger partial charge in [-0.3, -0.25) is 0 Å². The van der Waals surface area contributed by atoms with Gasteiger partial charge in [0.25, 0.3) is 0 Å². The molecule has 1 unspecified atom stereocenters. The molecule has 4 nitrogen and oxygen atoms in total. The van der Waals surface area contributed by atoms with E-state index in [1.54, 1.807) is 4.68 Å². The summed E-state index contributed by atoms with van der Waals surface area (Å²) in [4.78, 5) is 4.19. The van der Waals surface area contributed by atoms with Crippen LogP contribution in [0.15, 0.2) is 22.9 Å². The van der Waals surface area contributed by atoms with Gasteiger partial charge in [0.15, 0.2) is 17.5 Å². The van der Waals surface area contributed by atoms with Crippen LogP contribution in [0, 0.1) is 11.6 Å². The SMILES string of the molecule is Fc1cccc(C2OCCCn3nc(Br)nc32)c1F. The first-order chi connectivity index (χ1) is 9.16. The average molecular weight is 330 g/mol. The molecule has 0 saturated carbocycles. The summed E-state index contributed by atoms with van der Waals surface area (Å²) in [5, 5.41) is 4.17. The summed E-state index contributed by atoms with van der Waals surface area (Å²) in [5.74, 6) is -1.32. The minimum atomic E-state index is -0.903. The van der Waals surface area contributed by atoms with Crippen LogP contribution in [-0.2, 0) is 11.3 Å². The Morgan fingerprint density at radius 3 is 3.05 bits per heavy atom. The fourth-order valence-electron chi connectivity index (χ4n) is 2.13. The van der Waals surface area contributed by atoms with Crippen LogP contribution in [0.1, 0.15) is 23.9 Å². The molecule has 0 radical (unpaired) electrons. The second-order valence-electron chi connectivity index (χ2n) is 4.21. The van der Waals surface area contributed by atoms with E-state index < -0.39 is 17.7 Å². The highest BCUT2D eigenvalue weighted by Gasteiger charge is 2.28. The van der Waals surface area contributed by atoms with Gasteiger partial charge in [0, 0.05) is 18.7 Å². The number of hydrogen-bond acceptors (Lipinski definition) is 3. The molecule has 100 valence electrons. The normalized spacial score (nSPS) is 19.0. The zero-order valence-corrected chi connectivity index (χ0v) is 11.4. The minimum Gasteiger partial charge on any atom is -0.365 e. The van der Waals surface area contributed by atoms with E-state index in [1.165, 1.54) is 12.1 Å². The number of nitrogens with zero attached hydrogens (tertiary/aromatic N) is 3. The van der Waals surface area contributed by atoms with Crippen molar-refractivity contribution in [3.63, 3.8) is 0 Å². The van der Waals surface area contributed by atoms with E-state index in [4.69, 9.17) is 4.74 Å². The molecule has 1 aromatic heterocycles. The largest absolute Gasteiger partial charge is 0.365 e. The van der Waals surface area contributed by atoms with Gasteiger partial charge in [0.1, 0.15) is 6.10 Å². The Balaban J connectivity index is 2.11. The van der Waals surface area contributed by atoms with E-state index in [2.05, 4.69) is 26.0 Å². The summed E-state index contributed by atoms with van der Waals surface area (Å²) >= 11 is 3.18. The maximum Gasteiger partial charge on any atom is 0.217 e. The maximum atomic E-state index is 13.9. The molecule has 7 heteroatoms. The molecular weight excluding hydrogens is 320 g/mol. The molecule has 1 aromatic carbocycles. The second-order valence-corrected chi connectivity index (χ2v) is 4.92. The van der Waals surface area contributed by atoms with Crippen molar-refractivity contribution in [3.05, 3.63) is 46.0 Å².